The van der Waals surface area contributed by atoms with Crippen LogP contribution in [0.3, 0.4) is 0 Å². The number of thiazole rings is 1. The first kappa shape index (κ1) is 17.8. The average Bonchev–Trinajstić information content (AvgIpc) is 3.03. The highest BCUT2D eigenvalue weighted by Gasteiger charge is 2.26. The summed E-state index contributed by atoms with van der Waals surface area (Å²) in [6, 6.07) is 7.45. The van der Waals surface area contributed by atoms with Gasteiger partial charge >= 0.3 is 5.97 Å². The van der Waals surface area contributed by atoms with E-state index in [0.29, 0.717) is 30.4 Å². The lowest BCUT2D eigenvalue weighted by molar-refractivity contribution is -0.147. The maximum absolute atomic E-state index is 12.5. The molecular weight excluding hydrogens is 364 g/mol. The van der Waals surface area contributed by atoms with Crippen molar-refractivity contribution >= 4 is 34.8 Å². The molecule has 1 aliphatic heterocycles. The van der Waals surface area contributed by atoms with Crippen LogP contribution in [0.2, 0.25) is 5.02 Å². The van der Waals surface area contributed by atoms with Crippen LogP contribution in [0.4, 0.5) is 0 Å². The van der Waals surface area contributed by atoms with Crippen molar-refractivity contribution in [1.29, 1.82) is 0 Å². The minimum atomic E-state index is -0.928. The summed E-state index contributed by atoms with van der Waals surface area (Å²) in [5.41, 5.74) is 1.53. The average molecular weight is 381 g/mol. The maximum Gasteiger partial charge on any atom is 0.306 e. The predicted octanol–water partition coefficient (Wildman–Crippen LogP) is 2.71. The first-order valence-corrected chi connectivity index (χ1v) is 9.09. The molecule has 0 bridgehead atoms. The Bertz CT molecular complexity index is 780. The number of carboxylic acid groups (broad SMARTS) is 1. The van der Waals surface area contributed by atoms with Crippen LogP contribution in [0, 0.1) is 0 Å². The third-order valence-electron chi connectivity index (χ3n) is 3.88. The molecule has 2 aromatic rings. The molecule has 25 heavy (non-hydrogen) atoms. The van der Waals surface area contributed by atoms with Gasteiger partial charge in [0.2, 0.25) is 5.91 Å². The molecule has 132 valence electrons. The van der Waals surface area contributed by atoms with Crippen LogP contribution in [0.5, 0.6) is 0 Å². The lowest BCUT2D eigenvalue weighted by Gasteiger charge is -2.32. The summed E-state index contributed by atoms with van der Waals surface area (Å²) >= 11 is 7.63. The number of benzene rings is 1. The highest BCUT2D eigenvalue weighted by molar-refractivity contribution is 7.13. The van der Waals surface area contributed by atoms with E-state index in [-0.39, 0.29) is 18.7 Å². The van der Waals surface area contributed by atoms with E-state index in [0.717, 1.165) is 10.6 Å². The molecule has 3 rings (SSSR count). The Balaban J connectivity index is 1.64. The standard InChI is InChI=1S/C17H17ClN2O4S/c18-14-4-2-1-3-13(14)17-19-11(10-25-17)7-15(21)20-5-6-24-12(9-20)8-16(22)23/h1-4,10,12H,5-9H2,(H,22,23). The van der Waals surface area contributed by atoms with Crippen molar-refractivity contribution < 1.29 is 19.4 Å². The number of hydrogen-bond acceptors (Lipinski definition) is 5. The number of carboxylic acids is 1. The number of nitrogens with zero attached hydrogens (tertiary/aromatic N) is 2. The molecule has 1 fully saturated rings. The van der Waals surface area contributed by atoms with Gasteiger partial charge in [0.15, 0.2) is 0 Å². The fourth-order valence-corrected chi connectivity index (χ4v) is 3.82. The van der Waals surface area contributed by atoms with E-state index in [9.17, 15) is 9.59 Å². The van der Waals surface area contributed by atoms with Crippen molar-refractivity contribution in [2.75, 3.05) is 19.7 Å². The lowest BCUT2D eigenvalue weighted by atomic mass is 10.2. The molecule has 1 unspecified atom stereocenters. The van der Waals surface area contributed by atoms with Crippen LogP contribution in [0.25, 0.3) is 10.6 Å². The number of rotatable bonds is 5. The van der Waals surface area contributed by atoms with Crippen LogP contribution >= 0.6 is 22.9 Å². The highest BCUT2D eigenvalue weighted by Crippen LogP contribution is 2.30. The van der Waals surface area contributed by atoms with E-state index in [1.54, 1.807) is 11.0 Å². The van der Waals surface area contributed by atoms with Gasteiger partial charge in [0.05, 0.1) is 36.3 Å². The van der Waals surface area contributed by atoms with Gasteiger partial charge < -0.3 is 14.7 Å². The molecule has 1 aromatic carbocycles. The minimum absolute atomic E-state index is 0.0744. The Morgan fingerprint density at radius 2 is 2.20 bits per heavy atom. The molecule has 1 aromatic heterocycles. The monoisotopic (exact) mass is 380 g/mol. The minimum Gasteiger partial charge on any atom is -0.481 e. The molecule has 0 aliphatic carbocycles. The number of halogens is 1. The van der Waals surface area contributed by atoms with E-state index >= 15 is 0 Å². The number of morpholine rings is 1. The van der Waals surface area contributed by atoms with Gasteiger partial charge in [-0.2, -0.15) is 0 Å². The molecule has 0 radical (unpaired) electrons. The molecule has 1 saturated heterocycles. The summed E-state index contributed by atoms with van der Waals surface area (Å²) in [5, 5.41) is 12.1. The van der Waals surface area contributed by atoms with E-state index in [1.807, 2.05) is 23.6 Å². The van der Waals surface area contributed by atoms with Crippen LogP contribution in [0.1, 0.15) is 12.1 Å². The van der Waals surface area contributed by atoms with Gasteiger partial charge in [0, 0.05) is 24.0 Å². The molecule has 1 atom stereocenters. The van der Waals surface area contributed by atoms with Crippen LogP contribution in [-0.4, -0.2) is 52.7 Å². The van der Waals surface area contributed by atoms with E-state index in [4.69, 9.17) is 21.4 Å². The third-order valence-corrected chi connectivity index (χ3v) is 5.14. The Hall–Kier alpha value is -1.96. The summed E-state index contributed by atoms with van der Waals surface area (Å²) < 4.78 is 5.39. The van der Waals surface area contributed by atoms with Gasteiger partial charge in [-0.15, -0.1) is 11.3 Å². The summed E-state index contributed by atoms with van der Waals surface area (Å²) in [5.74, 6) is -1.00. The molecule has 2 heterocycles. The van der Waals surface area contributed by atoms with Gasteiger partial charge in [-0.05, 0) is 6.07 Å². The zero-order valence-corrected chi connectivity index (χ0v) is 14.9. The number of amides is 1. The zero-order valence-electron chi connectivity index (χ0n) is 13.4. The molecule has 1 aliphatic rings. The Morgan fingerprint density at radius 3 is 2.96 bits per heavy atom. The van der Waals surface area contributed by atoms with Crippen molar-refractivity contribution in [3.05, 3.63) is 40.4 Å². The van der Waals surface area contributed by atoms with Gasteiger partial charge in [0.25, 0.3) is 0 Å². The molecule has 0 saturated carbocycles. The van der Waals surface area contributed by atoms with Gasteiger partial charge in [-0.25, -0.2) is 4.98 Å². The van der Waals surface area contributed by atoms with Gasteiger partial charge in [-0.3, -0.25) is 9.59 Å². The van der Waals surface area contributed by atoms with Crippen molar-refractivity contribution in [3.63, 3.8) is 0 Å². The second kappa shape index (κ2) is 7.95. The fraction of sp³-hybridized carbons (Fsp3) is 0.353. The smallest absolute Gasteiger partial charge is 0.306 e. The second-order valence-corrected chi connectivity index (χ2v) is 7.00. The van der Waals surface area contributed by atoms with Crippen molar-refractivity contribution in [2.24, 2.45) is 0 Å². The highest BCUT2D eigenvalue weighted by atomic mass is 35.5. The molecule has 6 nitrogen and oxygen atoms in total. The summed E-state index contributed by atoms with van der Waals surface area (Å²) in [4.78, 5) is 29.4. The third kappa shape index (κ3) is 4.56. The Kier molecular flexibility index (Phi) is 5.67. The van der Waals surface area contributed by atoms with E-state index < -0.39 is 12.1 Å². The fourth-order valence-electron chi connectivity index (χ4n) is 2.68. The SMILES string of the molecule is O=C(O)CC1CN(C(=O)Cc2csc(-c3ccccc3Cl)n2)CCO1. The molecule has 0 spiro atoms. The Labute approximate surface area is 154 Å². The number of carbonyl (C=O) groups excluding carboxylic acids is 1. The first-order valence-electron chi connectivity index (χ1n) is 7.83. The number of aromatic nitrogens is 1. The largest absolute Gasteiger partial charge is 0.481 e. The van der Waals surface area contributed by atoms with Gasteiger partial charge in [-0.1, -0.05) is 29.8 Å². The molecular formula is C17H17ClN2O4S. The van der Waals surface area contributed by atoms with Crippen LogP contribution in [0.15, 0.2) is 29.6 Å². The maximum atomic E-state index is 12.5. The molecule has 1 N–H and O–H groups in total. The topological polar surface area (TPSA) is 79.7 Å². The number of carbonyl (C=O) groups is 2. The van der Waals surface area contributed by atoms with Crippen molar-refractivity contribution in [1.82, 2.24) is 9.88 Å². The van der Waals surface area contributed by atoms with Crippen LogP contribution in [-0.2, 0) is 20.7 Å². The van der Waals surface area contributed by atoms with Crippen molar-refractivity contribution in [2.45, 2.75) is 18.9 Å². The van der Waals surface area contributed by atoms with E-state index in [1.165, 1.54) is 11.3 Å². The van der Waals surface area contributed by atoms with Crippen LogP contribution < -0.4 is 0 Å². The summed E-state index contributed by atoms with van der Waals surface area (Å²) in [6.07, 6.45) is -0.373. The first-order chi connectivity index (χ1) is 12.0. The number of ether oxygens (including phenoxy) is 1. The second-order valence-electron chi connectivity index (χ2n) is 5.73. The quantitative estimate of drug-likeness (QED) is 0.862. The summed E-state index contributed by atoms with van der Waals surface area (Å²) in [6.45, 7) is 1.12. The van der Waals surface area contributed by atoms with Crippen molar-refractivity contribution in [3.8, 4) is 10.6 Å². The Morgan fingerprint density at radius 1 is 1.40 bits per heavy atom. The molecule has 8 heteroatoms. The zero-order chi connectivity index (χ0) is 17.8. The number of aliphatic carboxylic acids is 1. The lowest BCUT2D eigenvalue weighted by Crippen LogP contribution is -2.46. The normalized spacial score (nSPS) is 17.5. The predicted molar refractivity (Wildman–Crippen MR) is 94.8 cm³/mol. The van der Waals surface area contributed by atoms with Gasteiger partial charge in [0.1, 0.15) is 5.01 Å². The molecule has 1 amide bonds. The van der Waals surface area contributed by atoms with E-state index in [2.05, 4.69) is 4.98 Å². The number of hydrogen-bond donors (Lipinski definition) is 1. The summed E-state index contributed by atoms with van der Waals surface area (Å²) in [7, 11) is 0.